The SMILES string of the molecule is CCCc1c(-c2ccc(Br)cc2Cl)sc(C#N)c1N. The van der Waals surface area contributed by atoms with Gasteiger partial charge in [0, 0.05) is 14.9 Å². The lowest BCUT2D eigenvalue weighted by atomic mass is 10.0. The van der Waals surface area contributed by atoms with Gasteiger partial charge in [0.15, 0.2) is 0 Å². The molecule has 2 nitrogen and oxygen atoms in total. The molecule has 1 heterocycles. The third-order valence-electron chi connectivity index (χ3n) is 2.83. The smallest absolute Gasteiger partial charge is 0.128 e. The van der Waals surface area contributed by atoms with E-state index in [1.807, 2.05) is 18.2 Å². The molecule has 2 aromatic rings. The first-order chi connectivity index (χ1) is 9.08. The Morgan fingerprint density at radius 3 is 2.79 bits per heavy atom. The molecular formula is C14H12BrClN2S. The summed E-state index contributed by atoms with van der Waals surface area (Å²) in [5.41, 5.74) is 8.63. The molecule has 0 bridgehead atoms. The van der Waals surface area contributed by atoms with Crippen molar-refractivity contribution in [3.8, 4) is 16.5 Å². The minimum absolute atomic E-state index is 0.567. The summed E-state index contributed by atoms with van der Waals surface area (Å²) in [6.45, 7) is 2.09. The van der Waals surface area contributed by atoms with Crippen LogP contribution >= 0.6 is 38.9 Å². The van der Waals surface area contributed by atoms with Crippen molar-refractivity contribution in [3.05, 3.63) is 38.1 Å². The van der Waals surface area contributed by atoms with E-state index in [9.17, 15) is 0 Å². The highest BCUT2D eigenvalue weighted by atomic mass is 79.9. The van der Waals surface area contributed by atoms with E-state index in [0.29, 0.717) is 15.6 Å². The molecule has 1 aromatic carbocycles. The van der Waals surface area contributed by atoms with Crippen LogP contribution in [0.2, 0.25) is 5.02 Å². The maximum Gasteiger partial charge on any atom is 0.128 e. The van der Waals surface area contributed by atoms with Crippen molar-refractivity contribution in [2.24, 2.45) is 0 Å². The van der Waals surface area contributed by atoms with Crippen molar-refractivity contribution in [2.45, 2.75) is 19.8 Å². The Labute approximate surface area is 129 Å². The average Bonchev–Trinajstić information content (AvgIpc) is 2.68. The van der Waals surface area contributed by atoms with E-state index in [1.165, 1.54) is 11.3 Å². The minimum atomic E-state index is 0.567. The van der Waals surface area contributed by atoms with Gasteiger partial charge in [0.05, 0.1) is 10.7 Å². The van der Waals surface area contributed by atoms with Crippen molar-refractivity contribution in [1.29, 1.82) is 5.26 Å². The summed E-state index contributed by atoms with van der Waals surface area (Å²) in [5, 5.41) is 9.79. The Balaban J connectivity index is 2.64. The summed E-state index contributed by atoms with van der Waals surface area (Å²) in [5.74, 6) is 0. The molecule has 0 saturated carbocycles. The number of thiophene rings is 1. The van der Waals surface area contributed by atoms with Gasteiger partial charge in [-0.2, -0.15) is 5.26 Å². The van der Waals surface area contributed by atoms with Crippen LogP contribution in [-0.2, 0) is 6.42 Å². The zero-order chi connectivity index (χ0) is 14.0. The lowest BCUT2D eigenvalue weighted by Gasteiger charge is -2.06. The molecule has 0 fully saturated rings. The topological polar surface area (TPSA) is 49.8 Å². The number of rotatable bonds is 3. The Morgan fingerprint density at radius 2 is 2.21 bits per heavy atom. The highest BCUT2D eigenvalue weighted by molar-refractivity contribution is 9.10. The average molecular weight is 356 g/mol. The first-order valence-corrected chi connectivity index (χ1v) is 7.83. The van der Waals surface area contributed by atoms with Crippen LogP contribution in [0.3, 0.4) is 0 Å². The summed E-state index contributed by atoms with van der Waals surface area (Å²) in [6.07, 6.45) is 1.83. The van der Waals surface area contributed by atoms with Gasteiger partial charge in [0.1, 0.15) is 10.9 Å². The number of nitrogens with zero attached hydrogens (tertiary/aromatic N) is 1. The van der Waals surface area contributed by atoms with Crippen LogP contribution in [0.25, 0.3) is 10.4 Å². The molecule has 0 saturated heterocycles. The van der Waals surface area contributed by atoms with Crippen LogP contribution < -0.4 is 5.73 Å². The number of nitrogens with two attached hydrogens (primary N) is 1. The van der Waals surface area contributed by atoms with Gasteiger partial charge in [0.25, 0.3) is 0 Å². The fraction of sp³-hybridized carbons (Fsp3) is 0.214. The van der Waals surface area contributed by atoms with Crippen LogP contribution in [0.15, 0.2) is 22.7 Å². The predicted molar refractivity (Wildman–Crippen MR) is 85.6 cm³/mol. The third kappa shape index (κ3) is 2.79. The minimum Gasteiger partial charge on any atom is -0.397 e. The second kappa shape index (κ2) is 5.96. The molecule has 2 rings (SSSR count). The van der Waals surface area contributed by atoms with Gasteiger partial charge in [-0.15, -0.1) is 11.3 Å². The molecule has 0 atom stereocenters. The standard InChI is InChI=1S/C14H12BrClN2S/c1-2-3-10-13(18)12(7-17)19-14(10)9-5-4-8(15)6-11(9)16/h4-6H,2-3,18H2,1H3. The zero-order valence-corrected chi connectivity index (χ0v) is 13.5. The van der Waals surface area contributed by atoms with Gasteiger partial charge in [-0.1, -0.05) is 46.9 Å². The second-order valence-corrected chi connectivity index (χ2v) is 6.48. The fourth-order valence-corrected chi connectivity index (χ4v) is 3.88. The molecule has 0 aliphatic rings. The molecule has 1 aromatic heterocycles. The maximum atomic E-state index is 9.12. The molecule has 0 amide bonds. The number of nitriles is 1. The fourth-order valence-electron chi connectivity index (χ4n) is 1.95. The van der Waals surface area contributed by atoms with Crippen molar-refractivity contribution in [1.82, 2.24) is 0 Å². The number of anilines is 1. The van der Waals surface area contributed by atoms with E-state index in [2.05, 4.69) is 28.9 Å². The highest BCUT2D eigenvalue weighted by Crippen LogP contribution is 2.42. The van der Waals surface area contributed by atoms with E-state index in [1.54, 1.807) is 0 Å². The summed E-state index contributed by atoms with van der Waals surface area (Å²) in [7, 11) is 0. The largest absolute Gasteiger partial charge is 0.397 e. The lowest BCUT2D eigenvalue weighted by molar-refractivity contribution is 0.930. The quantitative estimate of drug-likeness (QED) is 0.818. The Morgan fingerprint density at radius 1 is 1.47 bits per heavy atom. The van der Waals surface area contributed by atoms with E-state index in [0.717, 1.165) is 33.3 Å². The lowest BCUT2D eigenvalue weighted by Crippen LogP contribution is -1.93. The maximum absolute atomic E-state index is 9.12. The number of hydrogen-bond donors (Lipinski definition) is 1. The molecule has 0 aliphatic heterocycles. The third-order valence-corrected chi connectivity index (χ3v) is 4.82. The molecule has 2 N–H and O–H groups in total. The van der Waals surface area contributed by atoms with Crippen molar-refractivity contribution >= 4 is 44.6 Å². The van der Waals surface area contributed by atoms with Gasteiger partial charge in [0.2, 0.25) is 0 Å². The summed E-state index contributed by atoms with van der Waals surface area (Å²) in [6, 6.07) is 7.91. The molecule has 0 aliphatic carbocycles. The Kier molecular flexibility index (Phi) is 4.51. The number of halogens is 2. The molecule has 0 unspecified atom stereocenters. The summed E-state index contributed by atoms with van der Waals surface area (Å²) in [4.78, 5) is 1.57. The van der Waals surface area contributed by atoms with Crippen molar-refractivity contribution in [3.63, 3.8) is 0 Å². The van der Waals surface area contributed by atoms with Crippen LogP contribution in [0, 0.1) is 11.3 Å². The Bertz CT molecular complexity index is 658. The number of nitrogen functional groups attached to an aromatic ring is 1. The Hall–Kier alpha value is -1.02. The van der Waals surface area contributed by atoms with Crippen LogP contribution in [0.5, 0.6) is 0 Å². The van der Waals surface area contributed by atoms with E-state index >= 15 is 0 Å². The van der Waals surface area contributed by atoms with Gasteiger partial charge < -0.3 is 5.73 Å². The predicted octanol–water partition coefficient (Wildman–Crippen LogP) is 5.24. The van der Waals surface area contributed by atoms with Crippen molar-refractivity contribution in [2.75, 3.05) is 5.73 Å². The molecular weight excluding hydrogens is 344 g/mol. The molecule has 98 valence electrons. The summed E-state index contributed by atoms with van der Waals surface area (Å²) >= 11 is 11.1. The van der Waals surface area contributed by atoms with Gasteiger partial charge in [-0.3, -0.25) is 0 Å². The highest BCUT2D eigenvalue weighted by Gasteiger charge is 2.18. The van der Waals surface area contributed by atoms with Gasteiger partial charge in [-0.25, -0.2) is 0 Å². The molecule has 0 radical (unpaired) electrons. The first kappa shape index (κ1) is 14.4. The molecule has 19 heavy (non-hydrogen) atoms. The number of hydrogen-bond acceptors (Lipinski definition) is 3. The van der Waals surface area contributed by atoms with Crippen LogP contribution in [-0.4, -0.2) is 0 Å². The van der Waals surface area contributed by atoms with Crippen LogP contribution in [0.4, 0.5) is 5.69 Å². The second-order valence-electron chi connectivity index (χ2n) is 4.14. The van der Waals surface area contributed by atoms with E-state index in [-0.39, 0.29) is 0 Å². The van der Waals surface area contributed by atoms with Gasteiger partial charge >= 0.3 is 0 Å². The van der Waals surface area contributed by atoms with E-state index < -0.39 is 0 Å². The molecule has 5 heteroatoms. The van der Waals surface area contributed by atoms with Crippen LogP contribution in [0.1, 0.15) is 23.8 Å². The monoisotopic (exact) mass is 354 g/mol. The molecule has 0 spiro atoms. The summed E-state index contributed by atoms with van der Waals surface area (Å²) < 4.78 is 0.934. The van der Waals surface area contributed by atoms with Crippen molar-refractivity contribution < 1.29 is 0 Å². The zero-order valence-electron chi connectivity index (χ0n) is 10.3. The van der Waals surface area contributed by atoms with E-state index in [4.69, 9.17) is 22.6 Å². The normalized spacial score (nSPS) is 10.4. The van der Waals surface area contributed by atoms with Gasteiger partial charge in [-0.05, 0) is 24.1 Å². The first-order valence-electron chi connectivity index (χ1n) is 5.85. The number of benzene rings is 1.